The van der Waals surface area contributed by atoms with Gasteiger partial charge in [-0.2, -0.15) is 0 Å². The molecule has 170 valence electrons. The first-order valence-corrected chi connectivity index (χ1v) is 10.6. The highest BCUT2D eigenvalue weighted by Crippen LogP contribution is 2.27. The molecule has 0 fully saturated rings. The number of carbonyl (C=O) groups excluding carboxylic acids is 3. The van der Waals surface area contributed by atoms with E-state index < -0.39 is 23.9 Å². The van der Waals surface area contributed by atoms with Crippen molar-refractivity contribution in [2.24, 2.45) is 0 Å². The van der Waals surface area contributed by atoms with Crippen molar-refractivity contribution in [3.8, 4) is 5.75 Å². The summed E-state index contributed by atoms with van der Waals surface area (Å²) in [5.74, 6) is -1.19. The normalized spacial score (nSPS) is 11.3. The van der Waals surface area contributed by atoms with Crippen molar-refractivity contribution < 1.29 is 23.9 Å². The van der Waals surface area contributed by atoms with Gasteiger partial charge in [-0.1, -0.05) is 41.4 Å². The zero-order chi connectivity index (χ0) is 24.0. The number of hydrogen-bond acceptors (Lipinski definition) is 5. The third kappa shape index (κ3) is 6.25. The number of halogens is 2. The van der Waals surface area contributed by atoms with E-state index in [1.54, 1.807) is 43.3 Å². The maximum absolute atomic E-state index is 12.8. The van der Waals surface area contributed by atoms with Crippen LogP contribution in [0.15, 0.2) is 66.7 Å². The van der Waals surface area contributed by atoms with E-state index in [0.29, 0.717) is 21.5 Å². The van der Waals surface area contributed by atoms with Crippen LogP contribution in [0.25, 0.3) is 0 Å². The van der Waals surface area contributed by atoms with Crippen LogP contribution in [0.2, 0.25) is 10.0 Å². The number of amides is 2. The van der Waals surface area contributed by atoms with Crippen molar-refractivity contribution in [3.05, 3.63) is 87.9 Å². The number of ether oxygens (including phenoxy) is 2. The van der Waals surface area contributed by atoms with E-state index in [2.05, 4.69) is 10.6 Å². The Kier molecular flexibility index (Phi) is 7.92. The number of benzene rings is 3. The van der Waals surface area contributed by atoms with E-state index in [4.69, 9.17) is 32.7 Å². The van der Waals surface area contributed by atoms with Gasteiger partial charge in [-0.3, -0.25) is 9.59 Å². The molecule has 9 heteroatoms. The van der Waals surface area contributed by atoms with E-state index in [1.165, 1.54) is 31.4 Å². The van der Waals surface area contributed by atoms with E-state index >= 15 is 0 Å². The Labute approximate surface area is 200 Å². The predicted molar refractivity (Wildman–Crippen MR) is 127 cm³/mol. The van der Waals surface area contributed by atoms with Crippen LogP contribution in [0.4, 0.5) is 11.4 Å². The molecule has 7 nitrogen and oxygen atoms in total. The minimum absolute atomic E-state index is 0.0788. The summed E-state index contributed by atoms with van der Waals surface area (Å²) in [4.78, 5) is 37.7. The summed E-state index contributed by atoms with van der Waals surface area (Å²) in [7, 11) is 1.22. The Morgan fingerprint density at radius 3 is 2.30 bits per heavy atom. The molecule has 0 aromatic heterocycles. The molecule has 2 amide bonds. The Balaban J connectivity index is 1.83. The van der Waals surface area contributed by atoms with Crippen molar-refractivity contribution >= 4 is 52.4 Å². The van der Waals surface area contributed by atoms with E-state index in [1.807, 2.05) is 6.07 Å². The summed E-state index contributed by atoms with van der Waals surface area (Å²) in [6.45, 7) is 1.57. The molecule has 1 atom stereocenters. The van der Waals surface area contributed by atoms with Gasteiger partial charge in [0.05, 0.1) is 29.1 Å². The third-order valence-corrected chi connectivity index (χ3v) is 5.11. The number of nitrogens with one attached hydrogen (secondary N) is 2. The molecule has 0 unspecified atom stereocenters. The van der Waals surface area contributed by atoms with Crippen molar-refractivity contribution in [1.82, 2.24) is 0 Å². The van der Waals surface area contributed by atoms with E-state index in [0.717, 1.165) is 0 Å². The molecule has 2 N–H and O–H groups in total. The van der Waals surface area contributed by atoms with E-state index in [9.17, 15) is 14.4 Å². The second-order valence-corrected chi connectivity index (χ2v) is 7.74. The number of carbonyl (C=O) groups is 3. The van der Waals surface area contributed by atoms with Crippen molar-refractivity contribution in [1.29, 1.82) is 0 Å². The number of esters is 1. The maximum atomic E-state index is 12.8. The second kappa shape index (κ2) is 10.8. The summed E-state index contributed by atoms with van der Waals surface area (Å²) >= 11 is 12.1. The predicted octanol–water partition coefficient (Wildman–Crippen LogP) is 5.44. The first-order valence-electron chi connectivity index (χ1n) is 9.80. The summed E-state index contributed by atoms with van der Waals surface area (Å²) in [6, 6.07) is 17.7. The quantitative estimate of drug-likeness (QED) is 0.433. The van der Waals surface area contributed by atoms with Gasteiger partial charge in [-0.25, -0.2) is 4.79 Å². The molecule has 0 bridgehead atoms. The fourth-order valence-electron chi connectivity index (χ4n) is 2.86. The minimum Gasteiger partial charge on any atom is -0.481 e. The van der Waals surface area contributed by atoms with Gasteiger partial charge in [0, 0.05) is 10.6 Å². The fraction of sp³-hybridized carbons (Fsp3) is 0.125. The van der Waals surface area contributed by atoms with Gasteiger partial charge in [0.15, 0.2) is 6.10 Å². The molecule has 33 heavy (non-hydrogen) atoms. The molecule has 3 rings (SSSR count). The average Bonchev–Trinajstić information content (AvgIpc) is 2.81. The molecule has 0 saturated carbocycles. The summed E-state index contributed by atoms with van der Waals surface area (Å²) in [6.07, 6.45) is -0.874. The van der Waals surface area contributed by atoms with Crippen molar-refractivity contribution in [2.75, 3.05) is 17.7 Å². The van der Waals surface area contributed by atoms with Gasteiger partial charge >= 0.3 is 5.97 Å². The Morgan fingerprint density at radius 2 is 1.61 bits per heavy atom. The lowest BCUT2D eigenvalue weighted by Gasteiger charge is -2.17. The molecular weight excluding hydrogens is 467 g/mol. The largest absolute Gasteiger partial charge is 0.481 e. The molecule has 3 aromatic carbocycles. The van der Waals surface area contributed by atoms with Gasteiger partial charge in [0.25, 0.3) is 11.8 Å². The number of rotatable bonds is 7. The van der Waals surface area contributed by atoms with Gasteiger partial charge < -0.3 is 20.1 Å². The number of methoxy groups -OCH3 is 1. The molecule has 0 aliphatic heterocycles. The van der Waals surface area contributed by atoms with Crippen LogP contribution in [-0.2, 0) is 9.53 Å². The Morgan fingerprint density at radius 1 is 0.879 bits per heavy atom. The van der Waals surface area contributed by atoms with Crippen LogP contribution in [0.1, 0.15) is 27.6 Å². The van der Waals surface area contributed by atoms with Gasteiger partial charge in [-0.15, -0.1) is 0 Å². The number of hydrogen-bond donors (Lipinski definition) is 2. The fourth-order valence-corrected chi connectivity index (χ4v) is 3.19. The summed E-state index contributed by atoms with van der Waals surface area (Å²) in [5, 5.41) is 5.99. The molecule has 0 aliphatic rings. The van der Waals surface area contributed by atoms with E-state index in [-0.39, 0.29) is 16.8 Å². The standard InChI is InChI=1S/C24H20Cl2N2O5/c1-14(33-17-6-4-3-5-7-17)22(29)27-20-12-15(8-10-18(20)24(31)32-2)23(30)28-21-13-16(25)9-11-19(21)26/h3-14H,1-2H3,(H,27,29)(H,28,30)/t14-/m1/s1. The van der Waals surface area contributed by atoms with Crippen LogP contribution in [-0.4, -0.2) is 31.0 Å². The topological polar surface area (TPSA) is 93.7 Å². The third-order valence-electron chi connectivity index (χ3n) is 4.55. The molecule has 0 spiro atoms. The average molecular weight is 487 g/mol. The molecule has 0 radical (unpaired) electrons. The minimum atomic E-state index is -0.874. The summed E-state index contributed by atoms with van der Waals surface area (Å²) in [5.41, 5.74) is 0.669. The van der Waals surface area contributed by atoms with Crippen molar-refractivity contribution in [2.45, 2.75) is 13.0 Å². The lowest BCUT2D eigenvalue weighted by Crippen LogP contribution is -2.31. The lowest BCUT2D eigenvalue weighted by atomic mass is 10.1. The van der Waals surface area contributed by atoms with Crippen LogP contribution in [0.5, 0.6) is 5.75 Å². The van der Waals surface area contributed by atoms with Gasteiger partial charge in [0.2, 0.25) is 0 Å². The molecular formula is C24H20Cl2N2O5. The van der Waals surface area contributed by atoms with Gasteiger partial charge in [-0.05, 0) is 55.5 Å². The van der Waals surface area contributed by atoms with Gasteiger partial charge in [0.1, 0.15) is 5.75 Å². The Bertz CT molecular complexity index is 1180. The highest BCUT2D eigenvalue weighted by Gasteiger charge is 2.21. The first-order chi connectivity index (χ1) is 15.8. The highest BCUT2D eigenvalue weighted by atomic mass is 35.5. The summed E-state index contributed by atoms with van der Waals surface area (Å²) < 4.78 is 10.4. The van der Waals surface area contributed by atoms with Crippen LogP contribution in [0, 0.1) is 0 Å². The van der Waals surface area contributed by atoms with Crippen LogP contribution >= 0.6 is 23.2 Å². The Hall–Kier alpha value is -3.55. The monoisotopic (exact) mass is 486 g/mol. The lowest BCUT2D eigenvalue weighted by molar-refractivity contribution is -0.122. The number of anilines is 2. The van der Waals surface area contributed by atoms with Crippen molar-refractivity contribution in [3.63, 3.8) is 0 Å². The molecule has 0 aliphatic carbocycles. The molecule has 0 heterocycles. The molecule has 3 aromatic rings. The second-order valence-electron chi connectivity index (χ2n) is 6.89. The zero-order valence-corrected chi connectivity index (χ0v) is 19.2. The first kappa shape index (κ1) is 24.1. The van der Waals surface area contributed by atoms with Crippen LogP contribution in [0.3, 0.4) is 0 Å². The molecule has 0 saturated heterocycles. The smallest absolute Gasteiger partial charge is 0.339 e. The maximum Gasteiger partial charge on any atom is 0.339 e. The zero-order valence-electron chi connectivity index (χ0n) is 17.7. The highest BCUT2D eigenvalue weighted by molar-refractivity contribution is 6.35. The SMILES string of the molecule is COC(=O)c1ccc(C(=O)Nc2cc(Cl)ccc2Cl)cc1NC(=O)[C@@H](C)Oc1ccccc1. The number of para-hydroxylation sites is 1. The van der Waals surface area contributed by atoms with Crippen LogP contribution < -0.4 is 15.4 Å².